The number of halogens is 4. The number of para-hydroxylation sites is 1. The monoisotopic (exact) mass is 482 g/mol. The molecule has 0 saturated heterocycles. The van der Waals surface area contributed by atoms with Crippen LogP contribution < -0.4 is 10.6 Å². The molecule has 3 aromatic carbocycles. The predicted octanol–water partition coefficient (Wildman–Crippen LogP) is 7.87. The van der Waals surface area contributed by atoms with Crippen molar-refractivity contribution in [3.8, 4) is 11.4 Å². The van der Waals surface area contributed by atoms with Gasteiger partial charge in [0.2, 0.25) is 0 Å². The lowest BCUT2D eigenvalue weighted by molar-refractivity contribution is -0.137. The fourth-order valence-corrected chi connectivity index (χ4v) is 3.79. The van der Waals surface area contributed by atoms with Crippen LogP contribution in [0.3, 0.4) is 0 Å². The van der Waals surface area contributed by atoms with Gasteiger partial charge < -0.3 is 10.6 Å². The summed E-state index contributed by atoms with van der Waals surface area (Å²) in [6.07, 6.45) is -3.61. The molecule has 0 aliphatic rings. The molecular weight excluding hydrogens is 461 g/mol. The standard InChI is InChI=1S/C26H22ClF3N4/c1-3-14-31-23-15-17(27)12-13-18(23)16(2)32-25-20-9-5-7-11-22(20)33-24(34-25)19-8-4-6-10-21(19)26(28,29)30/h4-13,15,31H,2-3,14H2,1H3,(H,32,33,34). The number of fused-ring (bicyclic) bond motifs is 1. The lowest BCUT2D eigenvalue weighted by Crippen LogP contribution is -2.10. The number of hydrogen-bond donors (Lipinski definition) is 2. The Hall–Kier alpha value is -3.58. The zero-order chi connectivity index (χ0) is 24.3. The summed E-state index contributed by atoms with van der Waals surface area (Å²) in [6.45, 7) is 6.95. The van der Waals surface area contributed by atoms with E-state index in [1.54, 1.807) is 18.2 Å². The Bertz CT molecular complexity index is 1350. The van der Waals surface area contributed by atoms with Crippen LogP contribution in [0.25, 0.3) is 28.0 Å². The van der Waals surface area contributed by atoms with Crippen LogP contribution in [0.15, 0.2) is 73.3 Å². The first-order chi connectivity index (χ1) is 16.3. The highest BCUT2D eigenvalue weighted by atomic mass is 35.5. The molecule has 0 aliphatic heterocycles. The molecule has 1 aromatic heterocycles. The lowest BCUT2D eigenvalue weighted by Gasteiger charge is -2.17. The van der Waals surface area contributed by atoms with Gasteiger partial charge in [0.1, 0.15) is 5.82 Å². The number of hydrogen-bond acceptors (Lipinski definition) is 4. The van der Waals surface area contributed by atoms with E-state index in [1.807, 2.05) is 24.3 Å². The number of nitrogens with zero attached hydrogens (tertiary/aromatic N) is 2. The van der Waals surface area contributed by atoms with Gasteiger partial charge in [-0.2, -0.15) is 13.2 Å². The van der Waals surface area contributed by atoms with E-state index in [0.717, 1.165) is 30.3 Å². The van der Waals surface area contributed by atoms with Crippen LogP contribution >= 0.6 is 11.6 Å². The summed E-state index contributed by atoms with van der Waals surface area (Å²) in [7, 11) is 0. The van der Waals surface area contributed by atoms with E-state index in [9.17, 15) is 13.2 Å². The van der Waals surface area contributed by atoms with Gasteiger partial charge in [0.25, 0.3) is 0 Å². The maximum Gasteiger partial charge on any atom is 0.417 e. The summed E-state index contributed by atoms with van der Waals surface area (Å²) < 4.78 is 41.0. The van der Waals surface area contributed by atoms with Gasteiger partial charge in [0, 0.05) is 39.5 Å². The van der Waals surface area contributed by atoms with Gasteiger partial charge in [-0.3, -0.25) is 0 Å². The Balaban J connectivity index is 1.80. The van der Waals surface area contributed by atoms with Gasteiger partial charge in [-0.05, 0) is 42.8 Å². The van der Waals surface area contributed by atoms with E-state index in [1.165, 1.54) is 18.2 Å². The number of anilines is 2. The van der Waals surface area contributed by atoms with Crippen molar-refractivity contribution >= 4 is 39.7 Å². The first kappa shape index (κ1) is 23.6. The van der Waals surface area contributed by atoms with Crippen LogP contribution in [0.5, 0.6) is 0 Å². The minimum Gasteiger partial charge on any atom is -0.384 e. The summed E-state index contributed by atoms with van der Waals surface area (Å²) in [6, 6.07) is 17.8. The summed E-state index contributed by atoms with van der Waals surface area (Å²) >= 11 is 6.18. The molecule has 34 heavy (non-hydrogen) atoms. The first-order valence-corrected chi connectivity index (χ1v) is 11.1. The molecule has 4 aromatic rings. The molecule has 0 saturated carbocycles. The average Bonchev–Trinajstić information content (AvgIpc) is 2.82. The SMILES string of the molecule is C=C(Nc1nc(-c2ccccc2C(F)(F)F)nc2ccccc12)c1ccc(Cl)cc1NCCC. The van der Waals surface area contributed by atoms with Crippen molar-refractivity contribution in [1.82, 2.24) is 9.97 Å². The third-order valence-electron chi connectivity index (χ3n) is 5.22. The summed E-state index contributed by atoms with van der Waals surface area (Å²) in [5, 5.41) is 7.76. The second kappa shape index (κ2) is 9.73. The highest BCUT2D eigenvalue weighted by Gasteiger charge is 2.34. The molecule has 0 amide bonds. The third kappa shape index (κ3) is 4.99. The molecule has 0 unspecified atom stereocenters. The van der Waals surface area contributed by atoms with Gasteiger partial charge in [-0.25, -0.2) is 9.97 Å². The molecule has 4 nitrogen and oxygen atoms in total. The normalized spacial score (nSPS) is 11.4. The zero-order valence-corrected chi connectivity index (χ0v) is 19.1. The van der Waals surface area contributed by atoms with E-state index in [4.69, 9.17) is 11.6 Å². The minimum atomic E-state index is -4.54. The summed E-state index contributed by atoms with van der Waals surface area (Å²) in [5.74, 6) is 0.335. The third-order valence-corrected chi connectivity index (χ3v) is 5.45. The van der Waals surface area contributed by atoms with Crippen LogP contribution in [0, 0.1) is 0 Å². The quantitative estimate of drug-likeness (QED) is 0.281. The van der Waals surface area contributed by atoms with E-state index < -0.39 is 11.7 Å². The molecule has 0 spiro atoms. The Morgan fingerprint density at radius 3 is 2.50 bits per heavy atom. The van der Waals surface area contributed by atoms with Gasteiger partial charge in [0.05, 0.1) is 11.1 Å². The molecule has 0 atom stereocenters. The Morgan fingerprint density at radius 1 is 1.00 bits per heavy atom. The molecule has 174 valence electrons. The van der Waals surface area contributed by atoms with Gasteiger partial charge in [-0.1, -0.05) is 55.4 Å². The van der Waals surface area contributed by atoms with Crippen molar-refractivity contribution in [2.45, 2.75) is 19.5 Å². The van der Waals surface area contributed by atoms with E-state index in [-0.39, 0.29) is 11.4 Å². The smallest absolute Gasteiger partial charge is 0.384 e. The van der Waals surface area contributed by atoms with Crippen molar-refractivity contribution in [2.75, 3.05) is 17.2 Å². The molecule has 0 radical (unpaired) electrons. The molecule has 2 N–H and O–H groups in total. The maximum atomic E-state index is 13.7. The second-order valence-corrected chi connectivity index (χ2v) is 8.11. The number of benzene rings is 3. The fourth-order valence-electron chi connectivity index (χ4n) is 3.61. The van der Waals surface area contributed by atoms with Crippen LogP contribution in [0.2, 0.25) is 5.02 Å². The Labute approximate surface area is 200 Å². The molecule has 0 fully saturated rings. The lowest BCUT2D eigenvalue weighted by atomic mass is 10.1. The fraction of sp³-hybridized carbons (Fsp3) is 0.154. The minimum absolute atomic E-state index is 0.0256. The first-order valence-electron chi connectivity index (χ1n) is 10.7. The number of nitrogens with one attached hydrogen (secondary N) is 2. The van der Waals surface area contributed by atoms with E-state index >= 15 is 0 Å². The summed E-state index contributed by atoms with van der Waals surface area (Å²) in [5.41, 5.74) is 1.73. The number of alkyl halides is 3. The van der Waals surface area contributed by atoms with Crippen LogP contribution in [0.4, 0.5) is 24.7 Å². The average molecular weight is 483 g/mol. The molecular formula is C26H22ClF3N4. The van der Waals surface area contributed by atoms with Crippen LogP contribution in [-0.2, 0) is 6.18 Å². The van der Waals surface area contributed by atoms with Gasteiger partial charge in [-0.15, -0.1) is 0 Å². The van der Waals surface area contributed by atoms with Crippen LogP contribution in [0.1, 0.15) is 24.5 Å². The van der Waals surface area contributed by atoms with Crippen molar-refractivity contribution in [2.24, 2.45) is 0 Å². The zero-order valence-electron chi connectivity index (χ0n) is 18.4. The molecule has 0 bridgehead atoms. The van der Waals surface area contributed by atoms with Crippen LogP contribution in [-0.4, -0.2) is 16.5 Å². The predicted molar refractivity (Wildman–Crippen MR) is 133 cm³/mol. The second-order valence-electron chi connectivity index (χ2n) is 7.68. The molecule has 0 aliphatic carbocycles. The molecule has 1 heterocycles. The van der Waals surface area contributed by atoms with E-state index in [2.05, 4.69) is 34.1 Å². The van der Waals surface area contributed by atoms with Crippen molar-refractivity contribution in [3.05, 3.63) is 89.5 Å². The maximum absolute atomic E-state index is 13.7. The topological polar surface area (TPSA) is 49.8 Å². The Morgan fingerprint density at radius 2 is 1.74 bits per heavy atom. The largest absolute Gasteiger partial charge is 0.417 e. The van der Waals surface area contributed by atoms with Gasteiger partial charge in [0.15, 0.2) is 5.82 Å². The van der Waals surface area contributed by atoms with Crippen molar-refractivity contribution in [3.63, 3.8) is 0 Å². The van der Waals surface area contributed by atoms with Gasteiger partial charge >= 0.3 is 6.18 Å². The Kier molecular flexibility index (Phi) is 6.75. The highest BCUT2D eigenvalue weighted by molar-refractivity contribution is 6.31. The molecule has 8 heteroatoms. The van der Waals surface area contributed by atoms with Crippen molar-refractivity contribution in [1.29, 1.82) is 0 Å². The number of rotatable bonds is 7. The molecule has 4 rings (SSSR count). The highest BCUT2D eigenvalue weighted by Crippen LogP contribution is 2.37. The number of aromatic nitrogens is 2. The van der Waals surface area contributed by atoms with E-state index in [0.29, 0.717) is 27.4 Å². The summed E-state index contributed by atoms with van der Waals surface area (Å²) in [4.78, 5) is 8.91. The van der Waals surface area contributed by atoms with Crippen molar-refractivity contribution < 1.29 is 13.2 Å².